The van der Waals surface area contributed by atoms with Gasteiger partial charge in [0.1, 0.15) is 0 Å². The van der Waals surface area contributed by atoms with Crippen molar-refractivity contribution >= 4 is 28.7 Å². The summed E-state index contributed by atoms with van der Waals surface area (Å²) in [5, 5.41) is 17.5. The van der Waals surface area contributed by atoms with Crippen LogP contribution in [0.25, 0.3) is 0 Å². The summed E-state index contributed by atoms with van der Waals surface area (Å²) < 4.78 is 0. The maximum absolute atomic E-state index is 10.7. The van der Waals surface area contributed by atoms with Gasteiger partial charge in [-0.25, -0.2) is 0 Å². The summed E-state index contributed by atoms with van der Waals surface area (Å²) in [5.41, 5.74) is 1.89. The van der Waals surface area contributed by atoms with E-state index in [0.717, 1.165) is 12.1 Å². The third-order valence-electron chi connectivity index (χ3n) is 3.39. The van der Waals surface area contributed by atoms with Crippen molar-refractivity contribution in [2.45, 2.75) is 6.04 Å². The molecule has 0 amide bonds. The molecule has 0 aromatic heterocycles. The first kappa shape index (κ1) is 17.8. The molecule has 0 saturated heterocycles. The van der Waals surface area contributed by atoms with Gasteiger partial charge in [-0.3, -0.25) is 10.1 Å². The van der Waals surface area contributed by atoms with E-state index in [2.05, 4.69) is 27.7 Å². The van der Waals surface area contributed by atoms with Crippen LogP contribution < -0.4 is 10.6 Å². The Kier molecular flexibility index (Phi) is 6.22. The maximum atomic E-state index is 10.7. The van der Waals surface area contributed by atoms with Crippen molar-refractivity contribution in [3.63, 3.8) is 0 Å². The van der Waals surface area contributed by atoms with E-state index >= 15 is 0 Å². The van der Waals surface area contributed by atoms with Crippen LogP contribution in [0.2, 0.25) is 0 Å². The van der Waals surface area contributed by atoms with E-state index in [1.165, 1.54) is 12.1 Å². The van der Waals surface area contributed by atoms with Crippen LogP contribution >= 0.6 is 12.2 Å². The van der Waals surface area contributed by atoms with E-state index < -0.39 is 4.92 Å². The van der Waals surface area contributed by atoms with Crippen LogP contribution in [0.15, 0.2) is 54.6 Å². The average Bonchev–Trinajstić information content (AvgIpc) is 2.55. The maximum Gasteiger partial charge on any atom is 0.269 e. The predicted octanol–water partition coefficient (Wildman–Crippen LogP) is 3.18. The van der Waals surface area contributed by atoms with Crippen LogP contribution in [0.4, 0.5) is 11.4 Å². The van der Waals surface area contributed by atoms with Crippen LogP contribution in [-0.2, 0) is 0 Å². The van der Waals surface area contributed by atoms with Gasteiger partial charge in [0, 0.05) is 24.4 Å². The number of nitro benzene ring substituents is 1. The van der Waals surface area contributed by atoms with Crippen LogP contribution in [0.3, 0.4) is 0 Å². The molecule has 0 radical (unpaired) electrons. The highest BCUT2D eigenvalue weighted by atomic mass is 32.1. The first-order valence-electron chi connectivity index (χ1n) is 7.47. The number of hydrogen-bond donors (Lipinski definition) is 2. The van der Waals surface area contributed by atoms with Gasteiger partial charge in [0.2, 0.25) is 0 Å². The molecule has 2 rings (SSSR count). The minimum Gasteiger partial charge on any atom is -0.354 e. The second kappa shape index (κ2) is 8.37. The van der Waals surface area contributed by atoms with Gasteiger partial charge in [-0.1, -0.05) is 30.3 Å². The van der Waals surface area contributed by atoms with Crippen molar-refractivity contribution in [1.82, 2.24) is 10.2 Å². The molecule has 0 unspecified atom stereocenters. The summed E-state index contributed by atoms with van der Waals surface area (Å²) >= 11 is 5.37. The largest absolute Gasteiger partial charge is 0.354 e. The lowest BCUT2D eigenvalue weighted by molar-refractivity contribution is -0.384. The number of thiocarbonyl (C=S) groups is 1. The zero-order chi connectivity index (χ0) is 17.5. The van der Waals surface area contributed by atoms with Gasteiger partial charge in [-0.2, -0.15) is 0 Å². The lowest BCUT2D eigenvalue weighted by Gasteiger charge is -2.24. The number of rotatable bonds is 6. The van der Waals surface area contributed by atoms with E-state index in [9.17, 15) is 10.1 Å². The summed E-state index contributed by atoms with van der Waals surface area (Å²) in [4.78, 5) is 12.3. The molecule has 0 heterocycles. The first-order valence-corrected chi connectivity index (χ1v) is 7.88. The SMILES string of the molecule is CN(C)C[C@@H](NC(=S)Nc1ccc([N+](=O)[O-])cc1)c1ccccc1. The number of anilines is 1. The topological polar surface area (TPSA) is 70.4 Å². The van der Waals surface area contributed by atoms with E-state index in [1.807, 2.05) is 32.3 Å². The van der Waals surface area contributed by atoms with E-state index in [0.29, 0.717) is 10.8 Å². The zero-order valence-electron chi connectivity index (χ0n) is 13.6. The normalized spacial score (nSPS) is 11.8. The molecular formula is C17H20N4O2S. The highest BCUT2D eigenvalue weighted by Gasteiger charge is 2.14. The molecule has 0 bridgehead atoms. The standard InChI is InChI=1S/C17H20N4O2S/c1-20(2)12-16(13-6-4-3-5-7-13)19-17(24)18-14-8-10-15(11-9-14)21(22)23/h3-11,16H,12H2,1-2H3,(H2,18,19,24)/t16-/m1/s1. The molecule has 0 aliphatic rings. The number of nitro groups is 1. The Labute approximate surface area is 146 Å². The van der Waals surface area contributed by atoms with Gasteiger partial charge < -0.3 is 15.5 Å². The van der Waals surface area contributed by atoms with Crippen LogP contribution in [0.5, 0.6) is 0 Å². The van der Waals surface area contributed by atoms with Gasteiger partial charge in [0.25, 0.3) is 5.69 Å². The summed E-state index contributed by atoms with van der Waals surface area (Å²) in [6, 6.07) is 16.3. The van der Waals surface area contributed by atoms with Crippen LogP contribution in [-0.4, -0.2) is 35.6 Å². The Bertz CT molecular complexity index is 689. The molecule has 24 heavy (non-hydrogen) atoms. The summed E-state index contributed by atoms with van der Waals surface area (Å²) in [7, 11) is 4.01. The van der Waals surface area contributed by atoms with Crippen LogP contribution in [0, 0.1) is 10.1 Å². The molecule has 1 atom stereocenters. The second-order valence-electron chi connectivity index (χ2n) is 5.63. The Morgan fingerprint density at radius 1 is 1.17 bits per heavy atom. The van der Waals surface area contributed by atoms with Gasteiger partial charge in [0.05, 0.1) is 11.0 Å². The minimum atomic E-state index is -0.428. The average molecular weight is 344 g/mol. The van der Waals surface area contributed by atoms with E-state index in [1.54, 1.807) is 12.1 Å². The number of likely N-dealkylation sites (N-methyl/N-ethyl adjacent to an activating group) is 1. The molecule has 2 aromatic carbocycles. The monoisotopic (exact) mass is 344 g/mol. The Balaban J connectivity index is 2.03. The Hall–Kier alpha value is -2.51. The highest BCUT2D eigenvalue weighted by molar-refractivity contribution is 7.80. The fourth-order valence-corrected chi connectivity index (χ4v) is 2.54. The molecule has 7 heteroatoms. The molecule has 126 valence electrons. The number of nitrogens with one attached hydrogen (secondary N) is 2. The van der Waals surface area contributed by atoms with Gasteiger partial charge in [-0.15, -0.1) is 0 Å². The number of benzene rings is 2. The second-order valence-corrected chi connectivity index (χ2v) is 6.04. The van der Waals surface area contributed by atoms with Crippen molar-refractivity contribution in [2.75, 3.05) is 26.0 Å². The Morgan fingerprint density at radius 3 is 2.33 bits per heavy atom. The van der Waals surface area contributed by atoms with Crippen LogP contribution in [0.1, 0.15) is 11.6 Å². The molecule has 0 aliphatic heterocycles. The first-order chi connectivity index (χ1) is 11.5. The van der Waals surface area contributed by atoms with Crippen molar-refractivity contribution in [3.05, 3.63) is 70.3 Å². The third-order valence-corrected chi connectivity index (χ3v) is 3.61. The fourth-order valence-electron chi connectivity index (χ4n) is 2.28. The van der Waals surface area contributed by atoms with Gasteiger partial charge in [0.15, 0.2) is 5.11 Å². The summed E-state index contributed by atoms with van der Waals surface area (Å²) in [5.74, 6) is 0. The molecule has 0 saturated carbocycles. The quantitative estimate of drug-likeness (QED) is 0.476. The highest BCUT2D eigenvalue weighted by Crippen LogP contribution is 2.17. The smallest absolute Gasteiger partial charge is 0.269 e. The number of hydrogen-bond acceptors (Lipinski definition) is 4. The van der Waals surface area contributed by atoms with Gasteiger partial charge >= 0.3 is 0 Å². The van der Waals surface area contributed by atoms with Crippen molar-refractivity contribution < 1.29 is 4.92 Å². The third kappa shape index (κ3) is 5.29. The van der Waals surface area contributed by atoms with Crippen molar-refractivity contribution in [1.29, 1.82) is 0 Å². The lowest BCUT2D eigenvalue weighted by atomic mass is 10.1. The van der Waals surface area contributed by atoms with E-state index in [-0.39, 0.29) is 11.7 Å². The summed E-state index contributed by atoms with van der Waals surface area (Å²) in [6.45, 7) is 0.784. The molecule has 2 aromatic rings. The van der Waals surface area contributed by atoms with E-state index in [4.69, 9.17) is 12.2 Å². The lowest BCUT2D eigenvalue weighted by Crippen LogP contribution is -2.37. The molecular weight excluding hydrogens is 324 g/mol. The minimum absolute atomic E-state index is 0.0410. The number of nitrogens with zero attached hydrogens (tertiary/aromatic N) is 2. The molecule has 6 nitrogen and oxygen atoms in total. The van der Waals surface area contributed by atoms with Crippen molar-refractivity contribution in [3.8, 4) is 0 Å². The van der Waals surface area contributed by atoms with Gasteiger partial charge in [-0.05, 0) is 44.0 Å². The zero-order valence-corrected chi connectivity index (χ0v) is 14.4. The molecule has 0 spiro atoms. The molecule has 0 fully saturated rings. The summed E-state index contributed by atoms with van der Waals surface area (Å²) in [6.07, 6.45) is 0. The molecule has 2 N–H and O–H groups in total. The Morgan fingerprint density at radius 2 is 1.79 bits per heavy atom. The fraction of sp³-hybridized carbons (Fsp3) is 0.235. The number of non-ortho nitro benzene ring substituents is 1. The predicted molar refractivity (Wildman–Crippen MR) is 100 cm³/mol. The van der Waals surface area contributed by atoms with Crippen molar-refractivity contribution in [2.24, 2.45) is 0 Å². The molecule has 0 aliphatic carbocycles.